The van der Waals surface area contributed by atoms with E-state index in [0.717, 1.165) is 0 Å². The second-order valence-corrected chi connectivity index (χ2v) is 2.69. The maximum Gasteiger partial charge on any atom is 0.351 e. The lowest BCUT2D eigenvalue weighted by Crippen LogP contribution is -1.90. The molecule has 6 heteroatoms. The van der Waals surface area contributed by atoms with Gasteiger partial charge >= 0.3 is 5.82 Å². The Bertz CT molecular complexity index is 518. The predicted octanol–water partition coefficient (Wildman–Crippen LogP) is 1.28. The molecular weight excluding hydrogens is 186 g/mol. The number of carbonyl (C=O) groups is 1. The Balaban J connectivity index is 2.87. The predicted molar refractivity (Wildman–Crippen MR) is 48.1 cm³/mol. The highest BCUT2D eigenvalue weighted by atomic mass is 16.6. The second-order valence-electron chi connectivity index (χ2n) is 2.69. The van der Waals surface area contributed by atoms with Gasteiger partial charge in [-0.05, 0) is 11.0 Å². The van der Waals surface area contributed by atoms with Crippen LogP contribution in [-0.2, 0) is 0 Å². The third-order valence-corrected chi connectivity index (χ3v) is 1.90. The first-order valence-corrected chi connectivity index (χ1v) is 3.80. The lowest BCUT2D eigenvalue weighted by Gasteiger charge is -1.93. The number of hydrogen-bond donors (Lipinski definition) is 1. The van der Waals surface area contributed by atoms with E-state index < -0.39 is 4.92 Å². The summed E-state index contributed by atoms with van der Waals surface area (Å²) >= 11 is 0. The molecule has 1 aromatic heterocycles. The average Bonchev–Trinajstić information content (AvgIpc) is 2.60. The lowest BCUT2D eigenvalue weighted by atomic mass is 10.1. The van der Waals surface area contributed by atoms with Crippen molar-refractivity contribution < 1.29 is 9.72 Å². The van der Waals surface area contributed by atoms with Crippen molar-refractivity contribution in [3.63, 3.8) is 0 Å². The molecule has 2 aromatic rings. The molecule has 0 fully saturated rings. The van der Waals surface area contributed by atoms with Crippen molar-refractivity contribution >= 4 is 23.0 Å². The molecule has 1 N–H and O–H groups in total. The summed E-state index contributed by atoms with van der Waals surface area (Å²) in [5.41, 5.74) is 0.684. The molecule has 6 nitrogen and oxygen atoms in total. The molecule has 0 aliphatic heterocycles. The molecule has 1 aromatic carbocycles. The van der Waals surface area contributed by atoms with E-state index in [2.05, 4.69) is 10.2 Å². The van der Waals surface area contributed by atoms with E-state index in [1.165, 1.54) is 6.07 Å². The summed E-state index contributed by atoms with van der Waals surface area (Å²) in [4.78, 5) is 20.6. The van der Waals surface area contributed by atoms with Gasteiger partial charge in [0.1, 0.15) is 10.9 Å². The van der Waals surface area contributed by atoms with Gasteiger partial charge in [-0.2, -0.15) is 0 Å². The zero-order chi connectivity index (χ0) is 10.1. The van der Waals surface area contributed by atoms with E-state index in [9.17, 15) is 14.9 Å². The highest BCUT2D eigenvalue weighted by Crippen LogP contribution is 2.24. The Labute approximate surface area is 77.7 Å². The molecule has 0 spiro atoms. The fourth-order valence-electron chi connectivity index (χ4n) is 1.31. The number of nitrogens with one attached hydrogen (secondary N) is 1. The quantitative estimate of drug-likeness (QED) is 0.440. The van der Waals surface area contributed by atoms with Crippen LogP contribution in [-0.4, -0.2) is 21.4 Å². The summed E-state index contributed by atoms with van der Waals surface area (Å²) in [6.07, 6.45) is 0.574. The summed E-state index contributed by atoms with van der Waals surface area (Å²) in [7, 11) is 0. The van der Waals surface area contributed by atoms with Crippen molar-refractivity contribution in [2.75, 3.05) is 0 Å². The summed E-state index contributed by atoms with van der Waals surface area (Å²) in [6, 6.07) is 4.74. The highest BCUT2D eigenvalue weighted by molar-refractivity contribution is 6.00. The normalized spacial score (nSPS) is 10.3. The van der Waals surface area contributed by atoms with Crippen molar-refractivity contribution in [2.24, 2.45) is 0 Å². The van der Waals surface area contributed by atoms with Gasteiger partial charge in [0.25, 0.3) is 0 Å². The molecule has 2 rings (SSSR count). The lowest BCUT2D eigenvalue weighted by molar-refractivity contribution is -0.387. The number of aromatic amines is 1. The molecule has 0 bridgehead atoms. The fourth-order valence-corrected chi connectivity index (χ4v) is 1.31. The van der Waals surface area contributed by atoms with Crippen LogP contribution in [0.1, 0.15) is 10.4 Å². The molecule has 14 heavy (non-hydrogen) atoms. The molecule has 0 saturated carbocycles. The molecule has 0 unspecified atom stereocenters. The van der Waals surface area contributed by atoms with Crippen molar-refractivity contribution in [3.05, 3.63) is 33.9 Å². The third kappa shape index (κ3) is 1.05. The second kappa shape index (κ2) is 2.91. The molecule has 1 heterocycles. The van der Waals surface area contributed by atoms with Gasteiger partial charge in [-0.3, -0.25) is 4.79 Å². The highest BCUT2D eigenvalue weighted by Gasteiger charge is 2.17. The van der Waals surface area contributed by atoms with Crippen LogP contribution in [0.2, 0.25) is 0 Å². The minimum absolute atomic E-state index is 0.247. The Hall–Kier alpha value is -2.24. The summed E-state index contributed by atoms with van der Waals surface area (Å²) in [5, 5.41) is 16.8. The number of rotatable bonds is 2. The van der Waals surface area contributed by atoms with Gasteiger partial charge in [0.15, 0.2) is 6.29 Å². The number of aromatic nitrogens is 2. The Kier molecular flexibility index (Phi) is 1.74. The van der Waals surface area contributed by atoms with E-state index in [4.69, 9.17) is 0 Å². The molecular formula is C8H5N3O3. The summed E-state index contributed by atoms with van der Waals surface area (Å²) < 4.78 is 0. The average molecular weight is 191 g/mol. The zero-order valence-electron chi connectivity index (χ0n) is 6.93. The van der Waals surface area contributed by atoms with Gasteiger partial charge in [-0.25, -0.2) is 0 Å². The largest absolute Gasteiger partial charge is 0.358 e. The van der Waals surface area contributed by atoms with Crippen LogP contribution in [0.3, 0.4) is 0 Å². The van der Waals surface area contributed by atoms with Crippen LogP contribution >= 0.6 is 0 Å². The maximum absolute atomic E-state index is 10.6. The number of fused-ring (bicyclic) bond motifs is 1. The first-order valence-electron chi connectivity index (χ1n) is 3.80. The van der Waals surface area contributed by atoms with Gasteiger partial charge in [-0.1, -0.05) is 17.2 Å². The third-order valence-electron chi connectivity index (χ3n) is 1.90. The van der Waals surface area contributed by atoms with Gasteiger partial charge < -0.3 is 10.1 Å². The van der Waals surface area contributed by atoms with E-state index in [1.54, 1.807) is 12.1 Å². The van der Waals surface area contributed by atoms with Crippen molar-refractivity contribution in [1.82, 2.24) is 10.2 Å². The molecule has 0 saturated heterocycles. The standard InChI is InChI=1S/C8H5N3O3/c12-4-5-2-1-3-6-7(5)8(10-9-6)11(13)14/h1-4H,(H,9,10). The van der Waals surface area contributed by atoms with Crippen molar-refractivity contribution in [2.45, 2.75) is 0 Å². The molecule has 0 aliphatic rings. The number of aldehydes is 1. The fraction of sp³-hybridized carbons (Fsp3) is 0. The van der Waals surface area contributed by atoms with Gasteiger partial charge in [0.2, 0.25) is 0 Å². The van der Waals surface area contributed by atoms with Crippen molar-refractivity contribution in [1.29, 1.82) is 0 Å². The summed E-state index contributed by atoms with van der Waals surface area (Å²) in [6.45, 7) is 0. The van der Waals surface area contributed by atoms with E-state index in [0.29, 0.717) is 11.8 Å². The van der Waals surface area contributed by atoms with Gasteiger partial charge in [0, 0.05) is 5.56 Å². The molecule has 0 atom stereocenters. The van der Waals surface area contributed by atoms with Crippen molar-refractivity contribution in [3.8, 4) is 0 Å². The Morgan fingerprint density at radius 2 is 2.29 bits per heavy atom. The van der Waals surface area contributed by atoms with E-state index >= 15 is 0 Å². The smallest absolute Gasteiger partial charge is 0.351 e. The number of H-pyrrole nitrogens is 1. The first-order chi connectivity index (χ1) is 6.74. The SMILES string of the molecule is O=Cc1cccc2n[nH]c([N+](=O)[O-])c12. The summed E-state index contributed by atoms with van der Waals surface area (Å²) in [5.74, 6) is -0.247. The number of nitro groups is 1. The minimum Gasteiger partial charge on any atom is -0.358 e. The molecule has 0 amide bonds. The van der Waals surface area contributed by atoms with Crippen LogP contribution in [0, 0.1) is 10.1 Å². The van der Waals surface area contributed by atoms with Gasteiger partial charge in [0.05, 0.1) is 0 Å². The van der Waals surface area contributed by atoms with E-state index in [-0.39, 0.29) is 16.8 Å². The van der Waals surface area contributed by atoms with Crippen LogP contribution < -0.4 is 0 Å². The monoisotopic (exact) mass is 191 g/mol. The topological polar surface area (TPSA) is 88.9 Å². The Morgan fingerprint density at radius 1 is 1.50 bits per heavy atom. The van der Waals surface area contributed by atoms with E-state index in [1.807, 2.05) is 0 Å². The number of nitrogens with zero attached hydrogens (tertiary/aromatic N) is 2. The number of benzene rings is 1. The molecule has 70 valence electrons. The van der Waals surface area contributed by atoms with Crippen LogP contribution in [0.25, 0.3) is 10.9 Å². The molecule has 0 radical (unpaired) electrons. The van der Waals surface area contributed by atoms with Crippen LogP contribution in [0.5, 0.6) is 0 Å². The minimum atomic E-state index is -0.595. The molecule has 0 aliphatic carbocycles. The number of carbonyl (C=O) groups excluding carboxylic acids is 1. The van der Waals surface area contributed by atoms with Crippen LogP contribution in [0.15, 0.2) is 18.2 Å². The zero-order valence-corrected chi connectivity index (χ0v) is 6.93. The number of hydrogen-bond acceptors (Lipinski definition) is 4. The van der Waals surface area contributed by atoms with Crippen LogP contribution in [0.4, 0.5) is 5.82 Å². The first kappa shape index (κ1) is 8.36. The maximum atomic E-state index is 10.6. The Morgan fingerprint density at radius 3 is 2.93 bits per heavy atom. The van der Waals surface area contributed by atoms with Gasteiger partial charge in [-0.15, -0.1) is 5.10 Å².